The first-order chi connectivity index (χ1) is 17.3. The maximum Gasteiger partial charge on any atom is 0.243 e. The third-order valence-corrected chi connectivity index (χ3v) is 7.35. The van der Waals surface area contributed by atoms with Gasteiger partial charge >= 0.3 is 0 Å². The SMILES string of the molecule is CCC(Cc1ncc(Cl)cn1)S(=O)(=O)Nc1nnc(-c2ccn(C)n2)n1-c1c(OC)ccnc1OC. The number of halogens is 1. The van der Waals surface area contributed by atoms with E-state index in [-0.39, 0.29) is 24.1 Å². The first-order valence-corrected chi connectivity index (χ1v) is 12.7. The molecule has 0 aliphatic heterocycles. The predicted octanol–water partition coefficient (Wildman–Crippen LogP) is 2.29. The molecule has 1 unspecified atom stereocenters. The third-order valence-electron chi connectivity index (χ3n) is 5.31. The number of pyridine rings is 1. The van der Waals surface area contributed by atoms with Crippen molar-refractivity contribution in [3.63, 3.8) is 0 Å². The van der Waals surface area contributed by atoms with E-state index >= 15 is 0 Å². The van der Waals surface area contributed by atoms with E-state index in [4.69, 9.17) is 21.1 Å². The Balaban J connectivity index is 1.81. The lowest BCUT2D eigenvalue weighted by atomic mass is 10.2. The van der Waals surface area contributed by atoms with Crippen molar-refractivity contribution in [2.24, 2.45) is 7.05 Å². The summed E-state index contributed by atoms with van der Waals surface area (Å²) >= 11 is 5.85. The van der Waals surface area contributed by atoms with Gasteiger partial charge in [0, 0.05) is 44.3 Å². The molecule has 15 heteroatoms. The zero-order valence-electron chi connectivity index (χ0n) is 20.0. The van der Waals surface area contributed by atoms with Crippen LogP contribution in [0.15, 0.2) is 36.9 Å². The summed E-state index contributed by atoms with van der Waals surface area (Å²) in [5.74, 6) is 1.06. The summed E-state index contributed by atoms with van der Waals surface area (Å²) in [7, 11) is 0.695. The average molecular weight is 534 g/mol. The second-order valence-corrected chi connectivity index (χ2v) is 10.0. The smallest absolute Gasteiger partial charge is 0.243 e. The minimum absolute atomic E-state index is 0.0732. The summed E-state index contributed by atoms with van der Waals surface area (Å²) in [4.78, 5) is 12.5. The van der Waals surface area contributed by atoms with Crippen LogP contribution in [0.25, 0.3) is 17.2 Å². The van der Waals surface area contributed by atoms with E-state index in [1.807, 2.05) is 0 Å². The number of methoxy groups -OCH3 is 2. The van der Waals surface area contributed by atoms with Gasteiger partial charge in [0.15, 0.2) is 11.5 Å². The number of nitrogens with zero attached hydrogens (tertiary/aromatic N) is 8. The van der Waals surface area contributed by atoms with E-state index in [1.54, 1.807) is 37.0 Å². The van der Waals surface area contributed by atoms with Gasteiger partial charge in [-0.2, -0.15) is 5.10 Å². The number of aromatic nitrogens is 8. The summed E-state index contributed by atoms with van der Waals surface area (Å²) in [5.41, 5.74) is 0.755. The van der Waals surface area contributed by atoms with E-state index in [2.05, 4.69) is 35.0 Å². The Labute approximate surface area is 212 Å². The van der Waals surface area contributed by atoms with Gasteiger partial charge in [-0.05, 0) is 12.5 Å². The molecule has 0 spiro atoms. The number of hydrogen-bond donors (Lipinski definition) is 1. The Morgan fingerprint density at radius 1 is 1.11 bits per heavy atom. The molecular formula is C21H24ClN9O4S. The fourth-order valence-electron chi connectivity index (χ4n) is 3.53. The molecule has 4 aromatic heterocycles. The average Bonchev–Trinajstić information content (AvgIpc) is 3.48. The van der Waals surface area contributed by atoms with Crippen LogP contribution in [0.2, 0.25) is 5.02 Å². The fraction of sp³-hybridized carbons (Fsp3) is 0.333. The Hall–Kier alpha value is -3.78. The standard InChI is InChI=1S/C21H24ClN9O4S/c1-5-14(10-17-24-11-13(22)12-25-17)36(32,33)29-21-27-26-19(15-7-9-30(2)28-15)31(21)18-16(34-3)6-8-23-20(18)35-4/h6-9,11-12,14H,5,10H2,1-4H3,(H,27,29). The highest BCUT2D eigenvalue weighted by molar-refractivity contribution is 7.93. The van der Waals surface area contributed by atoms with Crippen molar-refractivity contribution in [2.45, 2.75) is 25.0 Å². The molecule has 0 aliphatic rings. The fourth-order valence-corrected chi connectivity index (χ4v) is 4.99. The van der Waals surface area contributed by atoms with Crippen LogP contribution >= 0.6 is 11.6 Å². The van der Waals surface area contributed by atoms with Crippen molar-refractivity contribution < 1.29 is 17.9 Å². The quantitative estimate of drug-likeness (QED) is 0.321. The molecule has 36 heavy (non-hydrogen) atoms. The summed E-state index contributed by atoms with van der Waals surface area (Å²) in [6.07, 6.45) is 6.46. The number of anilines is 1. The van der Waals surface area contributed by atoms with Crippen LogP contribution in [0.4, 0.5) is 5.95 Å². The lowest BCUT2D eigenvalue weighted by molar-refractivity contribution is 0.379. The molecule has 0 radical (unpaired) electrons. The molecular weight excluding hydrogens is 510 g/mol. The molecule has 0 aliphatic carbocycles. The number of aryl methyl sites for hydroxylation is 1. The lowest BCUT2D eigenvalue weighted by Crippen LogP contribution is -2.31. The summed E-state index contributed by atoms with van der Waals surface area (Å²) in [6.45, 7) is 1.76. The molecule has 1 N–H and O–H groups in total. The zero-order valence-corrected chi connectivity index (χ0v) is 21.5. The Bertz CT molecular complexity index is 1430. The van der Waals surface area contributed by atoms with Crippen LogP contribution in [0.1, 0.15) is 19.2 Å². The normalized spacial score (nSPS) is 12.4. The molecule has 4 rings (SSSR count). The van der Waals surface area contributed by atoms with Crippen molar-refractivity contribution in [1.82, 2.24) is 39.5 Å². The number of nitrogens with one attached hydrogen (secondary N) is 1. The zero-order chi connectivity index (χ0) is 25.9. The molecule has 0 saturated heterocycles. The van der Waals surface area contributed by atoms with Crippen molar-refractivity contribution in [3.8, 4) is 28.8 Å². The Morgan fingerprint density at radius 2 is 1.86 bits per heavy atom. The molecule has 190 valence electrons. The van der Waals surface area contributed by atoms with Crippen LogP contribution in [0.5, 0.6) is 11.6 Å². The van der Waals surface area contributed by atoms with Crippen LogP contribution in [-0.2, 0) is 23.5 Å². The summed E-state index contributed by atoms with van der Waals surface area (Å²) in [5, 5.41) is 12.2. The van der Waals surface area contributed by atoms with Crippen LogP contribution in [0.3, 0.4) is 0 Å². The van der Waals surface area contributed by atoms with Gasteiger partial charge in [0.1, 0.15) is 17.3 Å². The first-order valence-electron chi connectivity index (χ1n) is 10.8. The maximum atomic E-state index is 13.5. The summed E-state index contributed by atoms with van der Waals surface area (Å²) < 4.78 is 43.5. The van der Waals surface area contributed by atoms with Gasteiger partial charge in [0.05, 0.1) is 24.5 Å². The molecule has 4 heterocycles. The molecule has 0 fully saturated rings. The maximum absolute atomic E-state index is 13.5. The van der Waals surface area contributed by atoms with Crippen LogP contribution in [-0.4, -0.2) is 67.4 Å². The minimum Gasteiger partial charge on any atom is -0.494 e. The minimum atomic E-state index is -3.98. The topological polar surface area (TPSA) is 152 Å². The predicted molar refractivity (Wildman–Crippen MR) is 132 cm³/mol. The highest BCUT2D eigenvalue weighted by Gasteiger charge is 2.30. The molecule has 13 nitrogen and oxygen atoms in total. The third kappa shape index (κ3) is 5.09. The van der Waals surface area contributed by atoms with Gasteiger partial charge in [-0.15, -0.1) is 10.2 Å². The van der Waals surface area contributed by atoms with Crippen molar-refractivity contribution in [1.29, 1.82) is 0 Å². The van der Waals surface area contributed by atoms with Gasteiger partial charge < -0.3 is 9.47 Å². The van der Waals surface area contributed by atoms with Gasteiger partial charge in [-0.3, -0.25) is 14.0 Å². The van der Waals surface area contributed by atoms with Crippen molar-refractivity contribution in [2.75, 3.05) is 18.9 Å². The van der Waals surface area contributed by atoms with E-state index in [1.165, 1.54) is 37.4 Å². The van der Waals surface area contributed by atoms with Crippen LogP contribution < -0.4 is 14.2 Å². The largest absolute Gasteiger partial charge is 0.494 e. The number of sulfonamides is 1. The van der Waals surface area contributed by atoms with Crippen LogP contribution in [0, 0.1) is 0 Å². The molecule has 0 aromatic carbocycles. The highest BCUT2D eigenvalue weighted by atomic mass is 35.5. The van der Waals surface area contributed by atoms with E-state index in [0.717, 1.165) is 0 Å². The second-order valence-electron chi connectivity index (χ2n) is 7.63. The van der Waals surface area contributed by atoms with E-state index < -0.39 is 15.3 Å². The lowest BCUT2D eigenvalue weighted by Gasteiger charge is -2.19. The monoisotopic (exact) mass is 533 g/mol. The van der Waals surface area contributed by atoms with E-state index in [0.29, 0.717) is 34.4 Å². The molecule has 0 saturated carbocycles. The summed E-state index contributed by atoms with van der Waals surface area (Å²) in [6, 6.07) is 3.34. The Kier molecular flexibility index (Phi) is 7.35. The van der Waals surface area contributed by atoms with Gasteiger partial charge in [-0.1, -0.05) is 18.5 Å². The van der Waals surface area contributed by atoms with E-state index in [9.17, 15) is 8.42 Å². The molecule has 0 bridgehead atoms. The van der Waals surface area contributed by atoms with Gasteiger partial charge in [0.2, 0.25) is 21.9 Å². The van der Waals surface area contributed by atoms with Crippen molar-refractivity contribution in [3.05, 3.63) is 47.8 Å². The first kappa shape index (κ1) is 25.3. The number of ether oxygens (including phenoxy) is 2. The highest BCUT2D eigenvalue weighted by Crippen LogP contribution is 2.36. The molecule has 4 aromatic rings. The molecule has 0 amide bonds. The Morgan fingerprint density at radius 3 is 2.47 bits per heavy atom. The number of rotatable bonds is 10. The number of hydrogen-bond acceptors (Lipinski definition) is 10. The van der Waals surface area contributed by atoms with Gasteiger partial charge in [0.25, 0.3) is 0 Å². The second kappa shape index (κ2) is 10.5. The molecule has 1 atom stereocenters. The van der Waals surface area contributed by atoms with Crippen molar-refractivity contribution >= 4 is 27.6 Å². The van der Waals surface area contributed by atoms with Gasteiger partial charge in [-0.25, -0.2) is 23.4 Å².